The van der Waals surface area contributed by atoms with Crippen LogP contribution >= 0.6 is 35.3 Å². The van der Waals surface area contributed by atoms with Crippen LogP contribution in [0.1, 0.15) is 19.3 Å². The highest BCUT2D eigenvalue weighted by Crippen LogP contribution is 2.22. The van der Waals surface area contributed by atoms with Crippen molar-refractivity contribution in [1.29, 1.82) is 0 Å². The number of hydrogen-bond acceptors (Lipinski definition) is 5. The molecule has 2 saturated heterocycles. The summed E-state index contributed by atoms with van der Waals surface area (Å²) in [7, 11) is 1.87. The molecule has 0 bridgehead atoms. The second kappa shape index (κ2) is 12.0. The molecular formula is C18H31IN4O2S. The van der Waals surface area contributed by atoms with Crippen LogP contribution in [0, 0.1) is 0 Å². The number of ether oxygens (including phenoxy) is 2. The van der Waals surface area contributed by atoms with Gasteiger partial charge in [-0.3, -0.25) is 4.99 Å². The summed E-state index contributed by atoms with van der Waals surface area (Å²) in [5, 5.41) is 6.99. The van der Waals surface area contributed by atoms with E-state index in [0.29, 0.717) is 6.10 Å². The molecule has 0 saturated carbocycles. The number of anilines is 1. The lowest BCUT2D eigenvalue weighted by molar-refractivity contribution is -0.0320. The zero-order valence-electron chi connectivity index (χ0n) is 15.6. The van der Waals surface area contributed by atoms with Crippen LogP contribution in [0.2, 0.25) is 0 Å². The van der Waals surface area contributed by atoms with Crippen molar-refractivity contribution < 1.29 is 9.47 Å². The van der Waals surface area contributed by atoms with Crippen LogP contribution in [0.3, 0.4) is 0 Å². The Morgan fingerprint density at radius 3 is 2.73 bits per heavy atom. The second-order valence-electron chi connectivity index (χ2n) is 6.44. The lowest BCUT2D eigenvalue weighted by atomic mass is 10.1. The van der Waals surface area contributed by atoms with Gasteiger partial charge in [0, 0.05) is 59.6 Å². The summed E-state index contributed by atoms with van der Waals surface area (Å²) >= 11 is 1.82. The number of hydrogen-bond donors (Lipinski definition) is 1. The SMILES string of the molecule is CN=C(NCCCOC1CCOCC1)N1CCN(c2cccs2)CC1.I. The second-order valence-corrected chi connectivity index (χ2v) is 7.36. The Bertz CT molecular complexity index is 515. The highest BCUT2D eigenvalue weighted by molar-refractivity contribution is 14.0. The molecule has 0 spiro atoms. The fourth-order valence-electron chi connectivity index (χ4n) is 3.29. The molecule has 6 nitrogen and oxygen atoms in total. The first kappa shape index (κ1) is 21.7. The van der Waals surface area contributed by atoms with Crippen molar-refractivity contribution in [3.8, 4) is 0 Å². The minimum absolute atomic E-state index is 0. The molecule has 3 heterocycles. The summed E-state index contributed by atoms with van der Waals surface area (Å²) in [6, 6.07) is 4.32. The summed E-state index contributed by atoms with van der Waals surface area (Å²) in [5.41, 5.74) is 0. The van der Waals surface area contributed by atoms with Crippen molar-refractivity contribution in [2.24, 2.45) is 4.99 Å². The van der Waals surface area contributed by atoms with E-state index in [4.69, 9.17) is 9.47 Å². The molecule has 26 heavy (non-hydrogen) atoms. The van der Waals surface area contributed by atoms with E-state index in [1.54, 1.807) is 0 Å². The Balaban J connectivity index is 0.00000243. The van der Waals surface area contributed by atoms with Crippen LogP contribution in [0.25, 0.3) is 0 Å². The lowest BCUT2D eigenvalue weighted by Crippen LogP contribution is -2.52. The standard InChI is InChI=1S/C18H30N4O2S.HI/c1-19-18(20-7-3-12-24-16-5-13-23-14-6-16)22-10-8-21(9-11-22)17-4-2-15-25-17;/h2,4,15-16H,3,5-14H2,1H3,(H,19,20);1H. The van der Waals surface area contributed by atoms with E-state index in [9.17, 15) is 0 Å². The average Bonchev–Trinajstić information content (AvgIpc) is 3.21. The van der Waals surface area contributed by atoms with E-state index in [1.165, 1.54) is 5.00 Å². The van der Waals surface area contributed by atoms with Crippen LogP contribution in [0.5, 0.6) is 0 Å². The largest absolute Gasteiger partial charge is 0.381 e. The maximum absolute atomic E-state index is 5.92. The first-order valence-electron chi connectivity index (χ1n) is 9.30. The molecule has 2 aliphatic heterocycles. The molecule has 148 valence electrons. The predicted molar refractivity (Wildman–Crippen MR) is 119 cm³/mol. The number of rotatable bonds is 6. The summed E-state index contributed by atoms with van der Waals surface area (Å²) in [6.07, 6.45) is 3.46. The molecule has 1 N–H and O–H groups in total. The zero-order chi connectivity index (χ0) is 17.3. The number of aliphatic imine (C=N–C) groups is 1. The number of nitrogens with one attached hydrogen (secondary N) is 1. The Kier molecular flexibility index (Phi) is 10.0. The lowest BCUT2D eigenvalue weighted by Gasteiger charge is -2.37. The topological polar surface area (TPSA) is 49.3 Å². The minimum Gasteiger partial charge on any atom is -0.381 e. The third-order valence-electron chi connectivity index (χ3n) is 4.73. The normalized spacial score (nSPS) is 19.3. The zero-order valence-corrected chi connectivity index (χ0v) is 18.7. The molecule has 8 heteroatoms. The van der Waals surface area contributed by atoms with Gasteiger partial charge in [-0.1, -0.05) is 0 Å². The van der Waals surface area contributed by atoms with Crippen molar-refractivity contribution >= 4 is 46.3 Å². The van der Waals surface area contributed by atoms with Gasteiger partial charge in [0.15, 0.2) is 5.96 Å². The fraction of sp³-hybridized carbons (Fsp3) is 0.722. The van der Waals surface area contributed by atoms with E-state index in [0.717, 1.165) is 77.8 Å². The van der Waals surface area contributed by atoms with Gasteiger partial charge in [-0.15, -0.1) is 35.3 Å². The van der Waals surface area contributed by atoms with Gasteiger partial charge in [0.05, 0.1) is 11.1 Å². The molecule has 3 rings (SSSR count). The van der Waals surface area contributed by atoms with Gasteiger partial charge in [0.1, 0.15) is 0 Å². The molecule has 0 aromatic carbocycles. The molecule has 0 aliphatic carbocycles. The van der Waals surface area contributed by atoms with Crippen LogP contribution in [-0.2, 0) is 9.47 Å². The number of thiophene rings is 1. The van der Waals surface area contributed by atoms with Gasteiger partial charge < -0.3 is 24.6 Å². The van der Waals surface area contributed by atoms with Crippen molar-refractivity contribution in [2.45, 2.75) is 25.4 Å². The van der Waals surface area contributed by atoms with E-state index >= 15 is 0 Å². The maximum atomic E-state index is 5.92. The van der Waals surface area contributed by atoms with Crippen molar-refractivity contribution in [2.75, 3.05) is 64.5 Å². The summed E-state index contributed by atoms with van der Waals surface area (Å²) < 4.78 is 11.3. The maximum Gasteiger partial charge on any atom is 0.193 e. The van der Waals surface area contributed by atoms with Crippen LogP contribution in [0.15, 0.2) is 22.5 Å². The van der Waals surface area contributed by atoms with Gasteiger partial charge in [-0.05, 0) is 36.8 Å². The molecule has 0 atom stereocenters. The Labute approximate surface area is 178 Å². The van der Waals surface area contributed by atoms with E-state index in [2.05, 4.69) is 37.6 Å². The van der Waals surface area contributed by atoms with Crippen LogP contribution < -0.4 is 10.2 Å². The van der Waals surface area contributed by atoms with Gasteiger partial charge in [0.25, 0.3) is 0 Å². The average molecular weight is 494 g/mol. The summed E-state index contributed by atoms with van der Waals surface area (Å²) in [4.78, 5) is 9.25. The van der Waals surface area contributed by atoms with Crippen molar-refractivity contribution in [3.05, 3.63) is 17.5 Å². The first-order valence-corrected chi connectivity index (χ1v) is 10.2. The molecule has 2 aliphatic rings. The van der Waals surface area contributed by atoms with Crippen LogP contribution in [0.4, 0.5) is 5.00 Å². The fourth-order valence-corrected chi connectivity index (χ4v) is 4.07. The highest BCUT2D eigenvalue weighted by Gasteiger charge is 2.20. The Hall–Kier alpha value is -0.580. The number of halogens is 1. The smallest absolute Gasteiger partial charge is 0.193 e. The summed E-state index contributed by atoms with van der Waals surface area (Å²) in [5.74, 6) is 1.01. The third-order valence-corrected chi connectivity index (χ3v) is 5.66. The van der Waals surface area contributed by atoms with E-state index in [1.807, 2.05) is 18.4 Å². The van der Waals surface area contributed by atoms with Gasteiger partial charge >= 0.3 is 0 Å². The third kappa shape index (κ3) is 6.54. The molecule has 1 aromatic rings. The first-order chi connectivity index (χ1) is 12.4. The molecule has 0 radical (unpaired) electrons. The number of nitrogens with zero attached hydrogens (tertiary/aromatic N) is 3. The van der Waals surface area contributed by atoms with Gasteiger partial charge in [-0.2, -0.15) is 0 Å². The van der Waals surface area contributed by atoms with Gasteiger partial charge in [0.2, 0.25) is 0 Å². The predicted octanol–water partition coefficient (Wildman–Crippen LogP) is 2.65. The number of piperazine rings is 1. The van der Waals surface area contributed by atoms with Crippen LogP contribution in [-0.4, -0.2) is 76.6 Å². The molecule has 0 amide bonds. The van der Waals surface area contributed by atoms with E-state index < -0.39 is 0 Å². The quantitative estimate of drug-likeness (QED) is 0.285. The highest BCUT2D eigenvalue weighted by atomic mass is 127. The van der Waals surface area contributed by atoms with Crippen molar-refractivity contribution in [3.63, 3.8) is 0 Å². The van der Waals surface area contributed by atoms with Crippen molar-refractivity contribution in [1.82, 2.24) is 10.2 Å². The van der Waals surface area contributed by atoms with Gasteiger partial charge in [-0.25, -0.2) is 0 Å². The number of guanidine groups is 1. The summed E-state index contributed by atoms with van der Waals surface area (Å²) in [6.45, 7) is 7.51. The molecule has 1 aromatic heterocycles. The van der Waals surface area contributed by atoms with E-state index in [-0.39, 0.29) is 24.0 Å². The molecule has 2 fully saturated rings. The minimum atomic E-state index is 0. The Morgan fingerprint density at radius 1 is 1.31 bits per heavy atom. The monoisotopic (exact) mass is 494 g/mol. The molecular weight excluding hydrogens is 463 g/mol. The Morgan fingerprint density at radius 2 is 2.08 bits per heavy atom. The molecule has 0 unspecified atom stereocenters.